The van der Waals surface area contributed by atoms with Gasteiger partial charge in [-0.15, -0.1) is 0 Å². The first-order valence-electron chi connectivity index (χ1n) is 5.33. The van der Waals surface area contributed by atoms with Gasteiger partial charge in [0.2, 0.25) is 5.91 Å². The lowest BCUT2D eigenvalue weighted by atomic mass is 10.2. The van der Waals surface area contributed by atoms with Crippen molar-refractivity contribution in [3.05, 3.63) is 28.2 Å². The first-order chi connectivity index (χ1) is 8.99. The molecule has 1 N–H and O–H groups in total. The molecule has 0 aliphatic carbocycles. The molecule has 9 heteroatoms. The third-order valence-electron chi connectivity index (χ3n) is 2.26. The molecule has 0 atom stereocenters. The van der Waals surface area contributed by atoms with Crippen LogP contribution in [-0.4, -0.2) is 26.3 Å². The van der Waals surface area contributed by atoms with E-state index in [9.17, 15) is 26.4 Å². The van der Waals surface area contributed by atoms with E-state index in [0.717, 1.165) is 18.4 Å². The van der Waals surface area contributed by atoms with Gasteiger partial charge in [-0.1, -0.05) is 15.9 Å². The van der Waals surface area contributed by atoms with E-state index in [0.29, 0.717) is 0 Å². The van der Waals surface area contributed by atoms with Crippen LogP contribution in [0, 0.1) is 0 Å². The maximum absolute atomic E-state index is 12.6. The zero-order valence-corrected chi connectivity index (χ0v) is 12.7. The van der Waals surface area contributed by atoms with Gasteiger partial charge in [0.05, 0.1) is 11.3 Å². The monoisotopic (exact) mass is 373 g/mol. The summed E-state index contributed by atoms with van der Waals surface area (Å²) in [6.07, 6.45) is -3.88. The van der Waals surface area contributed by atoms with E-state index in [1.807, 2.05) is 0 Å². The molecule has 0 bridgehead atoms. The molecule has 1 aromatic rings. The molecule has 0 heterocycles. The summed E-state index contributed by atoms with van der Waals surface area (Å²) in [7, 11) is -3.30. The molecule has 20 heavy (non-hydrogen) atoms. The number of carbonyl (C=O) groups is 1. The molecule has 0 saturated heterocycles. The topological polar surface area (TPSA) is 63.2 Å². The molecular formula is C11H11BrF3NO3S. The third kappa shape index (κ3) is 5.49. The van der Waals surface area contributed by atoms with E-state index >= 15 is 0 Å². The quantitative estimate of drug-likeness (QED) is 0.882. The van der Waals surface area contributed by atoms with Gasteiger partial charge in [0, 0.05) is 22.8 Å². The number of alkyl halides is 3. The minimum atomic E-state index is -4.55. The maximum Gasteiger partial charge on any atom is 0.417 e. The van der Waals surface area contributed by atoms with Gasteiger partial charge in [-0.2, -0.15) is 13.2 Å². The Morgan fingerprint density at radius 3 is 2.45 bits per heavy atom. The Hall–Kier alpha value is -1.09. The Bertz CT molecular complexity index is 614. The van der Waals surface area contributed by atoms with Crippen molar-refractivity contribution in [2.45, 2.75) is 12.6 Å². The van der Waals surface area contributed by atoms with Crippen LogP contribution in [0.15, 0.2) is 22.7 Å². The second-order valence-electron chi connectivity index (χ2n) is 4.12. The van der Waals surface area contributed by atoms with Crippen molar-refractivity contribution in [2.24, 2.45) is 0 Å². The number of nitrogens with one attached hydrogen (secondary N) is 1. The predicted molar refractivity (Wildman–Crippen MR) is 72.1 cm³/mol. The summed E-state index contributed by atoms with van der Waals surface area (Å²) in [6.45, 7) is 0. The van der Waals surface area contributed by atoms with Crippen LogP contribution in [-0.2, 0) is 20.8 Å². The number of benzene rings is 1. The highest BCUT2D eigenvalue weighted by Gasteiger charge is 2.33. The highest BCUT2D eigenvalue weighted by molar-refractivity contribution is 9.10. The molecule has 0 saturated carbocycles. The van der Waals surface area contributed by atoms with E-state index in [2.05, 4.69) is 21.2 Å². The van der Waals surface area contributed by atoms with Crippen LogP contribution >= 0.6 is 15.9 Å². The van der Waals surface area contributed by atoms with Crippen LogP contribution < -0.4 is 5.32 Å². The van der Waals surface area contributed by atoms with Crippen LogP contribution in [0.3, 0.4) is 0 Å². The molecule has 0 aliphatic rings. The van der Waals surface area contributed by atoms with Gasteiger partial charge < -0.3 is 5.32 Å². The molecule has 0 fully saturated rings. The minimum Gasteiger partial charge on any atom is -0.326 e. The lowest BCUT2D eigenvalue weighted by Gasteiger charge is -2.11. The smallest absolute Gasteiger partial charge is 0.326 e. The van der Waals surface area contributed by atoms with Gasteiger partial charge >= 0.3 is 6.18 Å². The molecule has 0 unspecified atom stereocenters. The summed E-state index contributed by atoms with van der Waals surface area (Å²) < 4.78 is 59.6. The number of rotatable bonds is 4. The number of amides is 1. The van der Waals surface area contributed by atoms with Gasteiger partial charge in [-0.25, -0.2) is 8.42 Å². The highest BCUT2D eigenvalue weighted by atomic mass is 79.9. The lowest BCUT2D eigenvalue weighted by Crippen LogP contribution is -2.17. The van der Waals surface area contributed by atoms with Crippen LogP contribution in [0.5, 0.6) is 0 Å². The largest absolute Gasteiger partial charge is 0.417 e. The Kier molecular flexibility index (Phi) is 5.20. The van der Waals surface area contributed by atoms with Crippen molar-refractivity contribution in [1.82, 2.24) is 0 Å². The predicted octanol–water partition coefficient (Wildman–Crippen LogP) is 2.84. The lowest BCUT2D eigenvalue weighted by molar-refractivity contribution is -0.138. The summed E-state index contributed by atoms with van der Waals surface area (Å²) in [4.78, 5) is 11.4. The third-order valence-corrected chi connectivity index (χ3v) is 3.89. The van der Waals surface area contributed by atoms with Crippen molar-refractivity contribution in [3.8, 4) is 0 Å². The number of sulfone groups is 1. The van der Waals surface area contributed by atoms with E-state index in [1.165, 1.54) is 6.07 Å². The molecule has 1 aromatic carbocycles. The molecule has 112 valence electrons. The normalized spacial score (nSPS) is 12.2. The first kappa shape index (κ1) is 17.0. The minimum absolute atomic E-state index is 0.0426. The molecule has 0 spiro atoms. The molecule has 0 radical (unpaired) electrons. The van der Waals surface area contributed by atoms with E-state index in [4.69, 9.17) is 0 Å². The molecule has 4 nitrogen and oxygen atoms in total. The summed E-state index contributed by atoms with van der Waals surface area (Å²) in [6, 6.07) is 3.23. The van der Waals surface area contributed by atoms with E-state index in [-0.39, 0.29) is 22.3 Å². The van der Waals surface area contributed by atoms with Crippen molar-refractivity contribution >= 4 is 37.4 Å². The summed E-state index contributed by atoms with van der Waals surface area (Å²) in [5.41, 5.74) is -0.961. The van der Waals surface area contributed by atoms with Gasteiger partial charge in [0.1, 0.15) is 9.84 Å². The summed E-state index contributed by atoms with van der Waals surface area (Å²) in [5.74, 6) is -1.02. The van der Waals surface area contributed by atoms with Gasteiger partial charge in [0.25, 0.3) is 0 Å². The number of hydrogen-bond donors (Lipinski definition) is 1. The van der Waals surface area contributed by atoms with E-state index < -0.39 is 27.5 Å². The average Bonchev–Trinajstić information content (AvgIpc) is 2.27. The molecule has 0 aliphatic heterocycles. The Morgan fingerprint density at radius 1 is 1.35 bits per heavy atom. The Balaban J connectivity index is 2.81. The fourth-order valence-electron chi connectivity index (χ4n) is 1.32. The van der Waals surface area contributed by atoms with Crippen molar-refractivity contribution in [1.29, 1.82) is 0 Å². The number of hydrogen-bond acceptors (Lipinski definition) is 3. The van der Waals surface area contributed by atoms with Gasteiger partial charge in [-0.05, 0) is 18.2 Å². The van der Waals surface area contributed by atoms with Gasteiger partial charge in [-0.3, -0.25) is 4.79 Å². The fourth-order valence-corrected chi connectivity index (χ4v) is 2.35. The molecule has 0 aromatic heterocycles. The number of carbonyl (C=O) groups excluding carboxylic acids is 1. The molecular weight excluding hydrogens is 363 g/mol. The summed E-state index contributed by atoms with van der Waals surface area (Å²) in [5, 5.41) is 2.23. The van der Waals surface area contributed by atoms with Crippen LogP contribution in [0.25, 0.3) is 0 Å². The number of halogens is 4. The average molecular weight is 374 g/mol. The van der Waals surface area contributed by atoms with Crippen molar-refractivity contribution in [3.63, 3.8) is 0 Å². The van der Waals surface area contributed by atoms with Gasteiger partial charge in [0.15, 0.2) is 0 Å². The Morgan fingerprint density at radius 2 is 1.95 bits per heavy atom. The zero-order valence-electron chi connectivity index (χ0n) is 10.3. The summed E-state index contributed by atoms with van der Waals surface area (Å²) >= 11 is 2.78. The van der Waals surface area contributed by atoms with Crippen LogP contribution in [0.2, 0.25) is 0 Å². The second-order valence-corrected chi connectivity index (χ2v) is 7.23. The molecule has 1 rings (SSSR count). The SMILES string of the molecule is CS(=O)(=O)CCC(=O)Nc1ccc(Br)c(C(F)(F)F)c1. The molecule has 1 amide bonds. The van der Waals surface area contributed by atoms with Crippen LogP contribution in [0.1, 0.15) is 12.0 Å². The Labute approximate surface area is 122 Å². The standard InChI is InChI=1S/C11H11BrF3NO3S/c1-20(18,19)5-4-10(17)16-7-2-3-9(12)8(6-7)11(13,14)15/h2-3,6H,4-5H2,1H3,(H,16,17). The zero-order chi connectivity index (χ0) is 15.6. The van der Waals surface area contributed by atoms with Crippen molar-refractivity contribution < 1.29 is 26.4 Å². The highest BCUT2D eigenvalue weighted by Crippen LogP contribution is 2.36. The van der Waals surface area contributed by atoms with Crippen LogP contribution in [0.4, 0.5) is 18.9 Å². The maximum atomic E-state index is 12.6. The second kappa shape index (κ2) is 6.13. The van der Waals surface area contributed by atoms with Crippen molar-refractivity contribution in [2.75, 3.05) is 17.3 Å². The fraction of sp³-hybridized carbons (Fsp3) is 0.364. The number of anilines is 1. The van der Waals surface area contributed by atoms with E-state index in [1.54, 1.807) is 0 Å². The first-order valence-corrected chi connectivity index (χ1v) is 8.19.